The number of rotatable bonds is 3. The molecule has 102 valence electrons. The monoisotopic (exact) mass is 264 g/mol. The highest BCUT2D eigenvalue weighted by atomic mass is 16.5. The van der Waals surface area contributed by atoms with Crippen LogP contribution in [0.15, 0.2) is 18.3 Å². The lowest BCUT2D eigenvalue weighted by molar-refractivity contribution is -0.147. The van der Waals surface area contributed by atoms with E-state index < -0.39 is 11.4 Å². The van der Waals surface area contributed by atoms with Gasteiger partial charge < -0.3 is 14.7 Å². The Morgan fingerprint density at radius 2 is 2.26 bits per heavy atom. The molecule has 1 aromatic rings. The zero-order chi connectivity index (χ0) is 14.0. The standard InChI is InChI=1S/C13H16N2O4/c1-13(12(17)18)5-7-15(8-13)11(16)9-4-3-6-14-10(9)19-2/h3-4,6H,5,7-8H2,1-2H3,(H,17,18)/t13-/m0/s1. The molecule has 1 aliphatic heterocycles. The molecule has 0 aromatic carbocycles. The minimum atomic E-state index is -0.874. The third-order valence-corrected chi connectivity index (χ3v) is 3.47. The summed E-state index contributed by atoms with van der Waals surface area (Å²) in [6.45, 7) is 2.29. The lowest BCUT2D eigenvalue weighted by atomic mass is 9.90. The summed E-state index contributed by atoms with van der Waals surface area (Å²) in [5, 5.41) is 9.17. The number of likely N-dealkylation sites (tertiary alicyclic amines) is 1. The molecule has 0 aliphatic carbocycles. The van der Waals surface area contributed by atoms with Crippen molar-refractivity contribution in [2.75, 3.05) is 20.2 Å². The van der Waals surface area contributed by atoms with Gasteiger partial charge in [-0.2, -0.15) is 0 Å². The maximum atomic E-state index is 12.4. The lowest BCUT2D eigenvalue weighted by Crippen LogP contribution is -2.35. The van der Waals surface area contributed by atoms with Crippen LogP contribution in [0.4, 0.5) is 0 Å². The molecule has 0 bridgehead atoms. The van der Waals surface area contributed by atoms with Crippen LogP contribution < -0.4 is 4.74 Å². The molecule has 1 aliphatic rings. The second-order valence-electron chi connectivity index (χ2n) is 4.90. The number of amides is 1. The summed E-state index contributed by atoms with van der Waals surface area (Å²) in [6, 6.07) is 3.28. The van der Waals surface area contributed by atoms with Crippen LogP contribution >= 0.6 is 0 Å². The van der Waals surface area contributed by atoms with Gasteiger partial charge in [-0.25, -0.2) is 4.98 Å². The van der Waals surface area contributed by atoms with E-state index in [-0.39, 0.29) is 18.3 Å². The van der Waals surface area contributed by atoms with Gasteiger partial charge in [0.1, 0.15) is 5.56 Å². The number of pyridine rings is 1. The van der Waals surface area contributed by atoms with Gasteiger partial charge in [-0.15, -0.1) is 0 Å². The van der Waals surface area contributed by atoms with Gasteiger partial charge in [-0.1, -0.05) is 0 Å². The van der Waals surface area contributed by atoms with Gasteiger partial charge in [-0.05, 0) is 25.5 Å². The Kier molecular flexibility index (Phi) is 3.42. The molecule has 1 amide bonds. The predicted molar refractivity (Wildman–Crippen MR) is 67.1 cm³/mol. The number of carbonyl (C=O) groups excluding carboxylic acids is 1. The second-order valence-corrected chi connectivity index (χ2v) is 4.90. The van der Waals surface area contributed by atoms with Crippen molar-refractivity contribution in [2.24, 2.45) is 5.41 Å². The zero-order valence-electron chi connectivity index (χ0n) is 10.9. The summed E-state index contributed by atoms with van der Waals surface area (Å²) in [6.07, 6.45) is 2.00. The van der Waals surface area contributed by atoms with Crippen LogP contribution in [0.25, 0.3) is 0 Å². The molecule has 1 saturated heterocycles. The first-order chi connectivity index (χ1) is 8.98. The van der Waals surface area contributed by atoms with Gasteiger partial charge in [0.2, 0.25) is 5.88 Å². The molecule has 1 aromatic heterocycles. The Morgan fingerprint density at radius 3 is 2.84 bits per heavy atom. The van der Waals surface area contributed by atoms with Crippen LogP contribution in [0.1, 0.15) is 23.7 Å². The first kappa shape index (κ1) is 13.3. The van der Waals surface area contributed by atoms with Crippen molar-refractivity contribution < 1.29 is 19.4 Å². The quantitative estimate of drug-likeness (QED) is 0.882. The minimum absolute atomic E-state index is 0.208. The van der Waals surface area contributed by atoms with E-state index in [1.54, 1.807) is 25.3 Å². The molecule has 0 saturated carbocycles. The maximum Gasteiger partial charge on any atom is 0.311 e. The van der Waals surface area contributed by atoms with E-state index in [1.165, 1.54) is 12.0 Å². The normalized spacial score (nSPS) is 22.3. The number of hydrogen-bond donors (Lipinski definition) is 1. The summed E-state index contributed by atoms with van der Waals surface area (Å²) in [4.78, 5) is 29.0. The van der Waals surface area contributed by atoms with E-state index in [2.05, 4.69) is 4.98 Å². The van der Waals surface area contributed by atoms with Gasteiger partial charge in [-0.3, -0.25) is 9.59 Å². The fourth-order valence-corrected chi connectivity index (χ4v) is 2.20. The highest BCUT2D eigenvalue weighted by Gasteiger charge is 2.42. The highest BCUT2D eigenvalue weighted by molar-refractivity contribution is 5.97. The van der Waals surface area contributed by atoms with Crippen LogP contribution in [0.5, 0.6) is 5.88 Å². The van der Waals surface area contributed by atoms with E-state index in [0.29, 0.717) is 18.5 Å². The Balaban J connectivity index is 2.20. The minimum Gasteiger partial charge on any atom is -0.481 e. The summed E-state index contributed by atoms with van der Waals surface area (Å²) in [5.74, 6) is -0.854. The van der Waals surface area contributed by atoms with Crippen molar-refractivity contribution >= 4 is 11.9 Å². The van der Waals surface area contributed by atoms with Crippen molar-refractivity contribution in [2.45, 2.75) is 13.3 Å². The highest BCUT2D eigenvalue weighted by Crippen LogP contribution is 2.31. The fourth-order valence-electron chi connectivity index (χ4n) is 2.20. The Morgan fingerprint density at radius 1 is 1.53 bits per heavy atom. The van der Waals surface area contributed by atoms with Crippen LogP contribution in [0, 0.1) is 5.41 Å². The molecule has 0 spiro atoms. The molecule has 1 N–H and O–H groups in total. The van der Waals surface area contributed by atoms with E-state index in [4.69, 9.17) is 9.84 Å². The molecular formula is C13H16N2O4. The summed E-state index contributed by atoms with van der Waals surface area (Å²) in [7, 11) is 1.45. The summed E-state index contributed by atoms with van der Waals surface area (Å²) < 4.78 is 5.05. The maximum absolute atomic E-state index is 12.4. The Bertz CT molecular complexity index is 517. The summed E-state index contributed by atoms with van der Waals surface area (Å²) >= 11 is 0. The Labute approximate surface area is 111 Å². The van der Waals surface area contributed by atoms with Gasteiger partial charge in [0.05, 0.1) is 12.5 Å². The van der Waals surface area contributed by atoms with E-state index in [1.807, 2.05) is 0 Å². The smallest absolute Gasteiger partial charge is 0.311 e. The number of carboxylic acid groups (broad SMARTS) is 1. The number of methoxy groups -OCH3 is 1. The lowest BCUT2D eigenvalue weighted by Gasteiger charge is -2.20. The number of ether oxygens (including phenoxy) is 1. The fraction of sp³-hybridized carbons (Fsp3) is 0.462. The molecule has 2 heterocycles. The third-order valence-electron chi connectivity index (χ3n) is 3.47. The van der Waals surface area contributed by atoms with Crippen LogP contribution in [0.3, 0.4) is 0 Å². The zero-order valence-corrected chi connectivity index (χ0v) is 10.9. The van der Waals surface area contributed by atoms with Gasteiger partial charge >= 0.3 is 5.97 Å². The molecule has 1 atom stereocenters. The number of carboxylic acids is 1. The van der Waals surface area contributed by atoms with Gasteiger partial charge in [0.25, 0.3) is 5.91 Å². The average Bonchev–Trinajstić information content (AvgIpc) is 2.82. The number of nitrogens with zero attached hydrogens (tertiary/aromatic N) is 2. The number of aromatic nitrogens is 1. The first-order valence-corrected chi connectivity index (χ1v) is 5.99. The van der Waals surface area contributed by atoms with Crippen molar-refractivity contribution in [1.29, 1.82) is 0 Å². The number of aliphatic carboxylic acids is 1. The molecule has 0 unspecified atom stereocenters. The van der Waals surface area contributed by atoms with E-state index in [9.17, 15) is 9.59 Å². The van der Waals surface area contributed by atoms with Crippen LogP contribution in [-0.2, 0) is 4.79 Å². The third kappa shape index (κ3) is 2.38. The number of hydrogen-bond acceptors (Lipinski definition) is 4. The molecule has 19 heavy (non-hydrogen) atoms. The predicted octanol–water partition coefficient (Wildman–Crippen LogP) is 1.03. The summed E-state index contributed by atoms with van der Waals surface area (Å²) in [5.41, 5.74) is -0.509. The van der Waals surface area contributed by atoms with Crippen molar-refractivity contribution in [3.8, 4) is 5.88 Å². The molecular weight excluding hydrogens is 248 g/mol. The molecule has 6 heteroatoms. The van der Waals surface area contributed by atoms with Crippen molar-refractivity contribution in [3.05, 3.63) is 23.9 Å². The SMILES string of the molecule is COc1ncccc1C(=O)N1CC[C@](C)(C(=O)O)C1. The van der Waals surface area contributed by atoms with Crippen molar-refractivity contribution in [1.82, 2.24) is 9.88 Å². The van der Waals surface area contributed by atoms with Gasteiger partial charge in [0, 0.05) is 19.3 Å². The first-order valence-electron chi connectivity index (χ1n) is 5.99. The average molecular weight is 264 g/mol. The largest absolute Gasteiger partial charge is 0.481 e. The van der Waals surface area contributed by atoms with Crippen LogP contribution in [0.2, 0.25) is 0 Å². The second kappa shape index (κ2) is 4.87. The van der Waals surface area contributed by atoms with Crippen LogP contribution in [-0.4, -0.2) is 47.1 Å². The van der Waals surface area contributed by atoms with E-state index in [0.717, 1.165) is 0 Å². The number of carbonyl (C=O) groups is 2. The molecule has 2 rings (SSSR count). The molecule has 6 nitrogen and oxygen atoms in total. The molecule has 1 fully saturated rings. The van der Waals surface area contributed by atoms with Crippen molar-refractivity contribution in [3.63, 3.8) is 0 Å². The van der Waals surface area contributed by atoms with E-state index >= 15 is 0 Å². The Hall–Kier alpha value is -2.11. The molecule has 0 radical (unpaired) electrons. The van der Waals surface area contributed by atoms with Gasteiger partial charge in [0.15, 0.2) is 0 Å². The topological polar surface area (TPSA) is 79.7 Å².